The fourth-order valence-corrected chi connectivity index (χ4v) is 1.88. The first-order valence-corrected chi connectivity index (χ1v) is 6.44. The van der Waals surface area contributed by atoms with Crippen LogP contribution in [0.2, 0.25) is 0 Å². The van der Waals surface area contributed by atoms with Crippen molar-refractivity contribution >= 4 is 11.8 Å². The lowest BCUT2D eigenvalue weighted by atomic mass is 10.2. The SMILES string of the molecule is COC(=O)c1nc(C)cc(NCc2ccccc2OC)n1. The van der Waals surface area contributed by atoms with Gasteiger partial charge in [0.15, 0.2) is 0 Å². The Morgan fingerprint density at radius 2 is 2.00 bits per heavy atom. The topological polar surface area (TPSA) is 73.3 Å². The van der Waals surface area contributed by atoms with E-state index in [1.54, 1.807) is 20.1 Å². The number of nitrogens with zero attached hydrogens (tertiary/aromatic N) is 2. The van der Waals surface area contributed by atoms with Crippen molar-refractivity contribution in [2.75, 3.05) is 19.5 Å². The minimum absolute atomic E-state index is 0.0417. The monoisotopic (exact) mass is 287 g/mol. The molecular weight excluding hydrogens is 270 g/mol. The van der Waals surface area contributed by atoms with Crippen molar-refractivity contribution in [3.63, 3.8) is 0 Å². The zero-order valence-corrected chi connectivity index (χ0v) is 12.2. The van der Waals surface area contributed by atoms with Crippen molar-refractivity contribution in [2.45, 2.75) is 13.5 Å². The number of nitrogens with one attached hydrogen (secondary N) is 1. The molecule has 0 spiro atoms. The number of aryl methyl sites for hydroxylation is 1. The third-order valence-electron chi connectivity index (χ3n) is 2.87. The highest BCUT2D eigenvalue weighted by Crippen LogP contribution is 2.18. The molecule has 0 radical (unpaired) electrons. The van der Waals surface area contributed by atoms with Gasteiger partial charge in [0.1, 0.15) is 11.6 Å². The van der Waals surface area contributed by atoms with Crippen molar-refractivity contribution < 1.29 is 14.3 Å². The average molecular weight is 287 g/mol. The van der Waals surface area contributed by atoms with Crippen LogP contribution in [-0.2, 0) is 11.3 Å². The second kappa shape index (κ2) is 6.69. The molecular formula is C15H17N3O3. The van der Waals surface area contributed by atoms with E-state index >= 15 is 0 Å². The Morgan fingerprint density at radius 1 is 1.24 bits per heavy atom. The summed E-state index contributed by atoms with van der Waals surface area (Å²) in [5.74, 6) is 0.844. The molecule has 0 aliphatic heterocycles. The van der Waals surface area contributed by atoms with Crippen LogP contribution in [0.5, 0.6) is 5.75 Å². The molecule has 0 unspecified atom stereocenters. The average Bonchev–Trinajstić information content (AvgIpc) is 2.51. The molecule has 1 aromatic heterocycles. The first kappa shape index (κ1) is 14.8. The number of ether oxygens (including phenoxy) is 2. The van der Waals surface area contributed by atoms with Gasteiger partial charge in [-0.15, -0.1) is 0 Å². The van der Waals surface area contributed by atoms with Crippen molar-refractivity contribution in [1.29, 1.82) is 0 Å². The highest BCUT2D eigenvalue weighted by molar-refractivity contribution is 5.85. The van der Waals surface area contributed by atoms with Crippen molar-refractivity contribution in [1.82, 2.24) is 9.97 Å². The standard InChI is InChI=1S/C15H17N3O3/c1-10-8-13(18-14(17-10)15(19)21-3)16-9-11-6-4-5-7-12(11)20-2/h4-8H,9H2,1-3H3,(H,16,17,18). The first-order chi connectivity index (χ1) is 10.1. The van der Waals surface area contributed by atoms with Gasteiger partial charge in [-0.05, 0) is 13.0 Å². The van der Waals surface area contributed by atoms with Gasteiger partial charge in [0, 0.05) is 23.9 Å². The van der Waals surface area contributed by atoms with Gasteiger partial charge in [0.25, 0.3) is 0 Å². The molecule has 0 amide bonds. The van der Waals surface area contributed by atoms with E-state index in [-0.39, 0.29) is 5.82 Å². The lowest BCUT2D eigenvalue weighted by Crippen LogP contribution is -2.11. The smallest absolute Gasteiger partial charge is 0.376 e. The van der Waals surface area contributed by atoms with Crippen molar-refractivity contribution in [2.24, 2.45) is 0 Å². The highest BCUT2D eigenvalue weighted by Gasteiger charge is 2.11. The molecule has 6 nitrogen and oxygen atoms in total. The van der Waals surface area contributed by atoms with Gasteiger partial charge < -0.3 is 14.8 Å². The zero-order valence-electron chi connectivity index (χ0n) is 12.2. The molecule has 1 N–H and O–H groups in total. The van der Waals surface area contributed by atoms with Crippen molar-refractivity contribution in [3.8, 4) is 5.75 Å². The van der Waals surface area contributed by atoms with Crippen LogP contribution >= 0.6 is 0 Å². The van der Waals surface area contributed by atoms with E-state index in [1.165, 1.54) is 7.11 Å². The van der Waals surface area contributed by atoms with E-state index in [0.717, 1.165) is 11.3 Å². The molecule has 0 atom stereocenters. The molecule has 1 heterocycles. The fraction of sp³-hybridized carbons (Fsp3) is 0.267. The number of benzene rings is 1. The van der Waals surface area contributed by atoms with Gasteiger partial charge in [-0.25, -0.2) is 14.8 Å². The lowest BCUT2D eigenvalue weighted by molar-refractivity contribution is 0.0586. The summed E-state index contributed by atoms with van der Waals surface area (Å²) >= 11 is 0. The lowest BCUT2D eigenvalue weighted by Gasteiger charge is -2.10. The van der Waals surface area contributed by atoms with E-state index in [1.807, 2.05) is 24.3 Å². The molecule has 2 aromatic rings. The van der Waals surface area contributed by atoms with Crippen LogP contribution in [0.15, 0.2) is 30.3 Å². The van der Waals surface area contributed by atoms with Gasteiger partial charge in [0.2, 0.25) is 5.82 Å². The molecule has 1 aromatic carbocycles. The second-order valence-corrected chi connectivity index (χ2v) is 4.38. The molecule has 0 aliphatic carbocycles. The summed E-state index contributed by atoms with van der Waals surface area (Å²) < 4.78 is 9.92. The van der Waals surface area contributed by atoms with E-state index in [0.29, 0.717) is 18.1 Å². The summed E-state index contributed by atoms with van der Waals surface area (Å²) in [5.41, 5.74) is 1.68. The summed E-state index contributed by atoms with van der Waals surface area (Å²) in [6.45, 7) is 2.32. The summed E-state index contributed by atoms with van der Waals surface area (Å²) in [6, 6.07) is 9.46. The van der Waals surface area contributed by atoms with E-state index in [2.05, 4.69) is 20.0 Å². The minimum atomic E-state index is -0.556. The quantitative estimate of drug-likeness (QED) is 0.850. The fourth-order valence-electron chi connectivity index (χ4n) is 1.88. The van der Waals surface area contributed by atoms with E-state index < -0.39 is 5.97 Å². The normalized spacial score (nSPS) is 10.0. The number of para-hydroxylation sites is 1. The zero-order chi connectivity index (χ0) is 15.2. The Balaban J connectivity index is 2.16. The van der Waals surface area contributed by atoms with Crippen LogP contribution < -0.4 is 10.1 Å². The van der Waals surface area contributed by atoms with Crippen LogP contribution in [0.3, 0.4) is 0 Å². The predicted molar refractivity (Wildman–Crippen MR) is 78.4 cm³/mol. The van der Waals surface area contributed by atoms with Gasteiger partial charge in [0.05, 0.1) is 14.2 Å². The summed E-state index contributed by atoms with van der Waals surface area (Å²) in [5, 5.41) is 3.16. The Labute approximate surface area is 123 Å². The number of hydrogen-bond donors (Lipinski definition) is 1. The molecule has 2 rings (SSSR count). The van der Waals surface area contributed by atoms with Crippen LogP contribution in [0, 0.1) is 6.92 Å². The minimum Gasteiger partial charge on any atom is -0.496 e. The summed E-state index contributed by atoms with van der Waals surface area (Å²) in [6.07, 6.45) is 0. The van der Waals surface area contributed by atoms with Gasteiger partial charge >= 0.3 is 5.97 Å². The number of aromatic nitrogens is 2. The molecule has 0 aliphatic rings. The number of esters is 1. The highest BCUT2D eigenvalue weighted by atomic mass is 16.5. The van der Waals surface area contributed by atoms with Gasteiger partial charge in [-0.1, -0.05) is 18.2 Å². The largest absolute Gasteiger partial charge is 0.496 e. The Hall–Kier alpha value is -2.63. The Morgan fingerprint density at radius 3 is 2.71 bits per heavy atom. The molecule has 6 heteroatoms. The number of rotatable bonds is 5. The maximum atomic E-state index is 11.5. The third kappa shape index (κ3) is 3.68. The molecule has 0 saturated heterocycles. The second-order valence-electron chi connectivity index (χ2n) is 4.38. The molecule has 0 bridgehead atoms. The maximum Gasteiger partial charge on any atom is 0.376 e. The number of carbonyl (C=O) groups is 1. The van der Waals surface area contributed by atoms with Crippen molar-refractivity contribution in [3.05, 3.63) is 47.4 Å². The van der Waals surface area contributed by atoms with Gasteiger partial charge in [-0.3, -0.25) is 0 Å². The van der Waals surface area contributed by atoms with Crippen LogP contribution in [-0.4, -0.2) is 30.2 Å². The number of anilines is 1. The van der Waals surface area contributed by atoms with Crippen LogP contribution in [0.1, 0.15) is 21.9 Å². The summed E-state index contributed by atoms with van der Waals surface area (Å²) in [7, 11) is 2.93. The maximum absolute atomic E-state index is 11.5. The molecule has 0 saturated carbocycles. The number of hydrogen-bond acceptors (Lipinski definition) is 6. The summed E-state index contributed by atoms with van der Waals surface area (Å²) in [4.78, 5) is 19.7. The van der Waals surface area contributed by atoms with Crippen LogP contribution in [0.4, 0.5) is 5.82 Å². The van der Waals surface area contributed by atoms with Gasteiger partial charge in [-0.2, -0.15) is 0 Å². The Bertz CT molecular complexity index is 644. The molecule has 0 fully saturated rings. The Kier molecular flexibility index (Phi) is 4.71. The van der Waals surface area contributed by atoms with E-state index in [9.17, 15) is 4.79 Å². The van der Waals surface area contributed by atoms with Crippen LogP contribution in [0.25, 0.3) is 0 Å². The third-order valence-corrected chi connectivity index (χ3v) is 2.87. The first-order valence-electron chi connectivity index (χ1n) is 6.44. The number of carbonyl (C=O) groups excluding carboxylic acids is 1. The molecule has 110 valence electrons. The van der Waals surface area contributed by atoms with E-state index in [4.69, 9.17) is 4.74 Å². The predicted octanol–water partition coefficient (Wildman–Crippen LogP) is 2.19. The number of methoxy groups -OCH3 is 2. The molecule has 21 heavy (non-hydrogen) atoms.